The lowest BCUT2D eigenvalue weighted by Crippen LogP contribution is -2.20. The molecule has 9 nitrogen and oxygen atoms in total. The van der Waals surface area contributed by atoms with Gasteiger partial charge in [0.25, 0.3) is 11.5 Å². The van der Waals surface area contributed by atoms with E-state index in [9.17, 15) is 9.59 Å². The number of carbonyl (C=O) groups excluding carboxylic acids is 1. The second-order valence-corrected chi connectivity index (χ2v) is 7.55. The molecule has 0 saturated heterocycles. The standard InChI is InChI=1S/C22H25N7O2/c1-6-16-20(22(31)24-13(3)27(4)5)21-25-17(11-19(30)29(21)26-16)14-8-9-18-15(10-14)12-23-28(18)7-2/h8-12,25H,6-7H2,1-5H3. The van der Waals surface area contributed by atoms with E-state index in [1.807, 2.05) is 50.8 Å². The van der Waals surface area contributed by atoms with E-state index in [0.717, 1.165) is 23.0 Å². The van der Waals surface area contributed by atoms with Gasteiger partial charge >= 0.3 is 0 Å². The highest BCUT2D eigenvalue weighted by atomic mass is 16.1. The van der Waals surface area contributed by atoms with Gasteiger partial charge in [-0.25, -0.2) is 0 Å². The third-order valence-electron chi connectivity index (χ3n) is 5.40. The number of nitrogens with one attached hydrogen (secondary N) is 1. The number of carbonyl (C=O) groups is 1. The highest BCUT2D eigenvalue weighted by Crippen LogP contribution is 2.24. The highest BCUT2D eigenvalue weighted by Gasteiger charge is 2.21. The van der Waals surface area contributed by atoms with Gasteiger partial charge in [-0.3, -0.25) is 14.3 Å². The smallest absolute Gasteiger partial charge is 0.284 e. The Morgan fingerprint density at radius 2 is 2.00 bits per heavy atom. The van der Waals surface area contributed by atoms with Gasteiger partial charge in [-0.1, -0.05) is 13.0 Å². The number of benzene rings is 1. The van der Waals surface area contributed by atoms with Crippen molar-refractivity contribution in [3.8, 4) is 11.3 Å². The third-order valence-corrected chi connectivity index (χ3v) is 5.40. The Balaban J connectivity index is 1.90. The maximum atomic E-state index is 13.0. The SMILES string of the molecule is CCc1nn2c(=O)cc(-c3ccc4c(cnn4CC)c3)[nH]c2c1C(=O)N=C(C)N(C)C. The Kier molecular flexibility index (Phi) is 5.18. The summed E-state index contributed by atoms with van der Waals surface area (Å²) in [6, 6.07) is 7.38. The van der Waals surface area contributed by atoms with Crippen LogP contribution >= 0.6 is 0 Å². The second-order valence-electron chi connectivity index (χ2n) is 7.55. The fourth-order valence-corrected chi connectivity index (χ4v) is 3.52. The molecule has 3 aromatic heterocycles. The number of amides is 1. The summed E-state index contributed by atoms with van der Waals surface area (Å²) in [5.41, 5.74) is 3.35. The molecule has 4 rings (SSSR count). The first kappa shape index (κ1) is 20.5. The number of nitrogens with zero attached hydrogens (tertiary/aromatic N) is 6. The van der Waals surface area contributed by atoms with E-state index < -0.39 is 5.91 Å². The zero-order valence-electron chi connectivity index (χ0n) is 18.3. The summed E-state index contributed by atoms with van der Waals surface area (Å²) in [5, 5.41) is 9.71. The molecule has 0 atom stereocenters. The molecule has 3 heterocycles. The van der Waals surface area contributed by atoms with Gasteiger partial charge in [0.15, 0.2) is 5.65 Å². The molecule has 0 fully saturated rings. The maximum Gasteiger partial charge on any atom is 0.284 e. The molecule has 31 heavy (non-hydrogen) atoms. The van der Waals surface area contributed by atoms with Crippen LogP contribution in [-0.2, 0) is 13.0 Å². The molecule has 0 spiro atoms. The lowest BCUT2D eigenvalue weighted by Gasteiger charge is -2.10. The van der Waals surface area contributed by atoms with Gasteiger partial charge < -0.3 is 9.88 Å². The van der Waals surface area contributed by atoms with Gasteiger partial charge in [0.2, 0.25) is 0 Å². The fraction of sp³-hybridized carbons (Fsp3) is 0.318. The summed E-state index contributed by atoms with van der Waals surface area (Å²) >= 11 is 0. The lowest BCUT2D eigenvalue weighted by atomic mass is 10.1. The van der Waals surface area contributed by atoms with Crippen LogP contribution in [0.1, 0.15) is 36.8 Å². The molecule has 9 heteroatoms. The molecule has 160 valence electrons. The number of amidine groups is 1. The van der Waals surface area contributed by atoms with Crippen molar-refractivity contribution < 1.29 is 4.79 Å². The lowest BCUT2D eigenvalue weighted by molar-refractivity contribution is 0.100. The van der Waals surface area contributed by atoms with E-state index in [1.165, 1.54) is 10.6 Å². The van der Waals surface area contributed by atoms with E-state index in [-0.39, 0.29) is 5.56 Å². The highest BCUT2D eigenvalue weighted by molar-refractivity contribution is 6.07. The van der Waals surface area contributed by atoms with E-state index in [4.69, 9.17) is 0 Å². The number of hydrogen-bond acceptors (Lipinski definition) is 4. The fourth-order valence-electron chi connectivity index (χ4n) is 3.52. The molecule has 0 saturated carbocycles. The summed E-state index contributed by atoms with van der Waals surface area (Å²) < 4.78 is 3.15. The first-order valence-electron chi connectivity index (χ1n) is 10.2. The van der Waals surface area contributed by atoms with Gasteiger partial charge in [0, 0.05) is 32.1 Å². The monoisotopic (exact) mass is 419 g/mol. The van der Waals surface area contributed by atoms with Crippen molar-refractivity contribution in [1.82, 2.24) is 29.3 Å². The average Bonchev–Trinajstić information content (AvgIpc) is 3.34. The van der Waals surface area contributed by atoms with Crippen LogP contribution in [0.25, 0.3) is 27.8 Å². The van der Waals surface area contributed by atoms with Crippen LogP contribution in [0, 0.1) is 0 Å². The van der Waals surface area contributed by atoms with Crippen molar-refractivity contribution >= 4 is 28.3 Å². The van der Waals surface area contributed by atoms with Crippen molar-refractivity contribution in [2.45, 2.75) is 33.7 Å². The molecule has 0 aliphatic heterocycles. The largest absolute Gasteiger partial charge is 0.366 e. The maximum absolute atomic E-state index is 13.0. The van der Waals surface area contributed by atoms with Crippen LogP contribution in [-0.4, -0.2) is 55.1 Å². The topological polar surface area (TPSA) is 101 Å². The van der Waals surface area contributed by atoms with E-state index in [2.05, 4.69) is 20.2 Å². The Bertz CT molecular complexity index is 1390. The van der Waals surface area contributed by atoms with Crippen LogP contribution in [0.5, 0.6) is 0 Å². The molecule has 1 N–H and O–H groups in total. The Labute approximate surface area is 179 Å². The third kappa shape index (κ3) is 3.52. The Hall–Kier alpha value is -3.75. The van der Waals surface area contributed by atoms with E-state index >= 15 is 0 Å². The van der Waals surface area contributed by atoms with Gasteiger partial charge in [-0.2, -0.15) is 19.7 Å². The van der Waals surface area contributed by atoms with Gasteiger partial charge in [0.05, 0.1) is 23.1 Å². The minimum absolute atomic E-state index is 0.310. The number of aliphatic imine (C=N–C) groups is 1. The number of H-pyrrole nitrogens is 1. The van der Waals surface area contributed by atoms with E-state index in [0.29, 0.717) is 34.9 Å². The summed E-state index contributed by atoms with van der Waals surface area (Å²) in [4.78, 5) is 35.0. The number of aryl methyl sites for hydroxylation is 2. The zero-order valence-corrected chi connectivity index (χ0v) is 18.3. The molecule has 0 unspecified atom stereocenters. The van der Waals surface area contributed by atoms with E-state index in [1.54, 1.807) is 18.0 Å². The summed E-state index contributed by atoms with van der Waals surface area (Å²) in [5.74, 6) is 0.147. The van der Waals surface area contributed by atoms with Crippen LogP contribution in [0.2, 0.25) is 0 Å². The van der Waals surface area contributed by atoms with Crippen molar-refractivity contribution in [2.75, 3.05) is 14.1 Å². The summed E-state index contributed by atoms with van der Waals surface area (Å²) in [7, 11) is 3.64. The predicted octanol–water partition coefficient (Wildman–Crippen LogP) is 2.74. The zero-order chi connectivity index (χ0) is 22.3. The molecule has 1 amide bonds. The molecule has 0 aliphatic rings. The Morgan fingerprint density at radius 1 is 1.23 bits per heavy atom. The molecular formula is C22H25N7O2. The number of aromatic amines is 1. The number of hydrogen-bond donors (Lipinski definition) is 1. The quantitative estimate of drug-likeness (QED) is 0.405. The molecule has 1 aromatic carbocycles. The summed E-state index contributed by atoms with van der Waals surface area (Å²) in [6.07, 6.45) is 2.31. The van der Waals surface area contributed by atoms with Crippen molar-refractivity contribution in [3.63, 3.8) is 0 Å². The number of fused-ring (bicyclic) bond motifs is 2. The first-order valence-corrected chi connectivity index (χ1v) is 10.2. The first-order chi connectivity index (χ1) is 14.8. The molecule has 0 aliphatic carbocycles. The number of aromatic nitrogens is 5. The van der Waals surface area contributed by atoms with Crippen molar-refractivity contribution in [3.05, 3.63) is 52.1 Å². The minimum atomic E-state index is -0.425. The summed E-state index contributed by atoms with van der Waals surface area (Å²) in [6.45, 7) is 6.47. The molecule has 4 aromatic rings. The van der Waals surface area contributed by atoms with Crippen LogP contribution in [0.3, 0.4) is 0 Å². The number of rotatable bonds is 4. The molecular weight excluding hydrogens is 394 g/mol. The normalized spacial score (nSPS) is 12.1. The molecule has 0 bridgehead atoms. The van der Waals surface area contributed by atoms with Crippen molar-refractivity contribution in [2.24, 2.45) is 4.99 Å². The van der Waals surface area contributed by atoms with Gasteiger partial charge in [-0.15, -0.1) is 0 Å². The van der Waals surface area contributed by atoms with Gasteiger partial charge in [0.1, 0.15) is 11.4 Å². The van der Waals surface area contributed by atoms with Crippen LogP contribution < -0.4 is 5.56 Å². The van der Waals surface area contributed by atoms with Gasteiger partial charge in [-0.05, 0) is 38.0 Å². The predicted molar refractivity (Wildman–Crippen MR) is 121 cm³/mol. The average molecular weight is 419 g/mol. The Morgan fingerprint density at radius 3 is 2.68 bits per heavy atom. The van der Waals surface area contributed by atoms with Crippen LogP contribution in [0.4, 0.5) is 0 Å². The minimum Gasteiger partial charge on any atom is -0.366 e. The van der Waals surface area contributed by atoms with Crippen molar-refractivity contribution in [1.29, 1.82) is 0 Å². The van der Waals surface area contributed by atoms with Crippen LogP contribution in [0.15, 0.2) is 40.2 Å². The second kappa shape index (κ2) is 7.82. The molecule has 0 radical (unpaired) electrons.